The van der Waals surface area contributed by atoms with Crippen LogP contribution in [0.15, 0.2) is 29.2 Å². The fraction of sp³-hybridized carbons (Fsp3) is 0.600. The van der Waals surface area contributed by atoms with Gasteiger partial charge in [-0.15, -0.1) is 11.8 Å². The predicted molar refractivity (Wildman–Crippen MR) is 80.3 cm³/mol. The van der Waals surface area contributed by atoms with Gasteiger partial charge in [-0.2, -0.15) is 0 Å². The summed E-state index contributed by atoms with van der Waals surface area (Å²) in [6.45, 7) is 6.75. The van der Waals surface area contributed by atoms with Crippen LogP contribution in [0.25, 0.3) is 0 Å². The van der Waals surface area contributed by atoms with E-state index in [1.165, 1.54) is 10.5 Å². The number of benzene rings is 1. The van der Waals surface area contributed by atoms with Crippen molar-refractivity contribution >= 4 is 11.8 Å². The molecule has 0 spiro atoms. The normalized spacial score (nSPS) is 11.1. The Balaban J connectivity index is 2.18. The van der Waals surface area contributed by atoms with Crippen molar-refractivity contribution in [1.82, 2.24) is 5.32 Å². The Morgan fingerprint density at radius 3 is 2.44 bits per heavy atom. The highest BCUT2D eigenvalue weighted by molar-refractivity contribution is 7.99. The highest BCUT2D eigenvalue weighted by atomic mass is 32.2. The minimum Gasteiger partial charge on any atom is -0.396 e. The number of thioether (sulfide) groups is 1. The quantitative estimate of drug-likeness (QED) is 0.533. The molecule has 3 heteroatoms. The Morgan fingerprint density at radius 2 is 1.83 bits per heavy atom. The molecule has 1 rings (SSSR count). The summed E-state index contributed by atoms with van der Waals surface area (Å²) in [7, 11) is 0. The molecule has 0 radical (unpaired) electrons. The number of hydrogen-bond acceptors (Lipinski definition) is 3. The monoisotopic (exact) mass is 267 g/mol. The zero-order valence-electron chi connectivity index (χ0n) is 11.5. The highest BCUT2D eigenvalue weighted by Crippen LogP contribution is 2.22. The first-order chi connectivity index (χ1) is 8.72. The highest BCUT2D eigenvalue weighted by Gasteiger charge is 1.98. The molecule has 1 aromatic carbocycles. The van der Waals surface area contributed by atoms with Crippen molar-refractivity contribution < 1.29 is 5.11 Å². The van der Waals surface area contributed by atoms with Gasteiger partial charge in [-0.25, -0.2) is 0 Å². The Kier molecular flexibility index (Phi) is 8.14. The van der Waals surface area contributed by atoms with Crippen LogP contribution in [-0.4, -0.2) is 30.1 Å². The second-order valence-corrected chi connectivity index (χ2v) is 6.39. The van der Waals surface area contributed by atoms with Gasteiger partial charge in [0.15, 0.2) is 0 Å². The Morgan fingerprint density at radius 1 is 1.11 bits per heavy atom. The van der Waals surface area contributed by atoms with Crippen LogP contribution in [0.1, 0.15) is 32.3 Å². The summed E-state index contributed by atoms with van der Waals surface area (Å²) in [4.78, 5) is 1.35. The molecular weight excluding hydrogens is 242 g/mol. The largest absolute Gasteiger partial charge is 0.396 e. The minimum atomic E-state index is 0.302. The van der Waals surface area contributed by atoms with Gasteiger partial charge >= 0.3 is 0 Å². The molecule has 2 nitrogen and oxygen atoms in total. The molecule has 0 saturated carbocycles. The van der Waals surface area contributed by atoms with Gasteiger partial charge in [0.25, 0.3) is 0 Å². The maximum absolute atomic E-state index is 8.66. The van der Waals surface area contributed by atoms with E-state index in [0.29, 0.717) is 11.9 Å². The Bertz CT molecular complexity index is 311. The molecule has 0 aromatic heterocycles. The van der Waals surface area contributed by atoms with Crippen molar-refractivity contribution in [2.75, 3.05) is 19.7 Å². The average Bonchev–Trinajstić information content (AvgIpc) is 2.35. The Labute approximate surface area is 115 Å². The summed E-state index contributed by atoms with van der Waals surface area (Å²) in [5.74, 6) is 0. The summed E-state index contributed by atoms with van der Waals surface area (Å²) >= 11 is 1.91. The first-order valence-corrected chi connectivity index (χ1v) is 7.67. The number of hydrogen-bond donors (Lipinski definition) is 2. The van der Waals surface area contributed by atoms with E-state index in [2.05, 4.69) is 43.4 Å². The average molecular weight is 267 g/mol. The van der Waals surface area contributed by atoms with Gasteiger partial charge in [0, 0.05) is 16.8 Å². The van der Waals surface area contributed by atoms with Gasteiger partial charge in [0.2, 0.25) is 0 Å². The molecule has 18 heavy (non-hydrogen) atoms. The molecule has 2 N–H and O–H groups in total. The molecule has 0 aliphatic carbocycles. The lowest BCUT2D eigenvalue weighted by Gasteiger charge is -2.07. The van der Waals surface area contributed by atoms with E-state index in [1.54, 1.807) is 0 Å². The van der Waals surface area contributed by atoms with Crippen molar-refractivity contribution in [3.05, 3.63) is 29.8 Å². The summed E-state index contributed by atoms with van der Waals surface area (Å²) < 4.78 is 0. The van der Waals surface area contributed by atoms with Gasteiger partial charge in [0.05, 0.1) is 0 Å². The van der Waals surface area contributed by atoms with E-state index in [0.717, 1.165) is 32.4 Å². The van der Waals surface area contributed by atoms with Crippen molar-refractivity contribution in [3.8, 4) is 0 Å². The lowest BCUT2D eigenvalue weighted by atomic mass is 10.1. The van der Waals surface area contributed by atoms with E-state index in [9.17, 15) is 0 Å². The van der Waals surface area contributed by atoms with Gasteiger partial charge in [0.1, 0.15) is 0 Å². The summed E-state index contributed by atoms with van der Waals surface area (Å²) in [6, 6.07) is 8.87. The third kappa shape index (κ3) is 7.04. The zero-order valence-corrected chi connectivity index (χ0v) is 12.3. The number of unbranched alkanes of at least 4 members (excludes halogenated alkanes) is 1. The third-order valence-corrected chi connectivity index (χ3v) is 3.66. The fourth-order valence-corrected chi connectivity index (χ4v) is 2.56. The summed E-state index contributed by atoms with van der Waals surface area (Å²) in [5.41, 5.74) is 1.39. The van der Waals surface area contributed by atoms with Gasteiger partial charge in [-0.1, -0.05) is 26.0 Å². The van der Waals surface area contributed by atoms with Crippen molar-refractivity contribution in [1.29, 1.82) is 0 Å². The van der Waals surface area contributed by atoms with E-state index in [4.69, 9.17) is 5.11 Å². The van der Waals surface area contributed by atoms with Crippen LogP contribution in [0.3, 0.4) is 0 Å². The van der Waals surface area contributed by atoms with Crippen molar-refractivity contribution in [2.45, 2.75) is 43.3 Å². The van der Waals surface area contributed by atoms with Gasteiger partial charge in [-0.3, -0.25) is 0 Å². The molecular formula is C15H25NOS. The van der Waals surface area contributed by atoms with Crippen molar-refractivity contribution in [2.24, 2.45) is 0 Å². The molecule has 102 valence electrons. The van der Waals surface area contributed by atoms with Crippen molar-refractivity contribution in [3.63, 3.8) is 0 Å². The lowest BCUT2D eigenvalue weighted by Crippen LogP contribution is -2.18. The second kappa shape index (κ2) is 9.42. The molecule has 0 fully saturated rings. The first kappa shape index (κ1) is 15.5. The smallest absolute Gasteiger partial charge is 0.0431 e. The molecule has 0 saturated heterocycles. The van der Waals surface area contributed by atoms with Gasteiger partial charge < -0.3 is 10.4 Å². The van der Waals surface area contributed by atoms with Crippen LogP contribution < -0.4 is 5.32 Å². The van der Waals surface area contributed by atoms with Crippen LogP contribution in [-0.2, 0) is 6.42 Å². The topological polar surface area (TPSA) is 32.3 Å². The van der Waals surface area contributed by atoms with E-state index in [1.807, 2.05) is 11.8 Å². The van der Waals surface area contributed by atoms with Crippen LogP contribution in [0.5, 0.6) is 0 Å². The third-order valence-electron chi connectivity index (χ3n) is 2.65. The van der Waals surface area contributed by atoms with Crippen LogP contribution in [0.4, 0.5) is 0 Å². The van der Waals surface area contributed by atoms with E-state index >= 15 is 0 Å². The van der Waals surface area contributed by atoms with Crippen LogP contribution >= 0.6 is 11.8 Å². The summed E-state index contributed by atoms with van der Waals surface area (Å²) in [5, 5.41) is 12.7. The SMILES string of the molecule is CC(C)Sc1ccc(CCNCCCCO)cc1. The maximum atomic E-state index is 8.66. The van der Waals surface area contributed by atoms with E-state index < -0.39 is 0 Å². The second-order valence-electron chi connectivity index (χ2n) is 4.74. The van der Waals surface area contributed by atoms with Crippen LogP contribution in [0.2, 0.25) is 0 Å². The molecule has 0 amide bonds. The number of rotatable bonds is 9. The molecule has 0 aliphatic rings. The molecule has 0 aliphatic heterocycles. The predicted octanol–water partition coefficient (Wildman–Crippen LogP) is 3.09. The standard InChI is InChI=1S/C15H25NOS/c1-13(2)18-15-7-5-14(6-8-15)9-11-16-10-3-4-12-17/h5-8,13,16-17H,3-4,9-12H2,1-2H3. The first-order valence-electron chi connectivity index (χ1n) is 6.79. The number of nitrogens with one attached hydrogen (secondary N) is 1. The Hall–Kier alpha value is -0.510. The lowest BCUT2D eigenvalue weighted by molar-refractivity contribution is 0.284. The molecule has 1 aromatic rings. The van der Waals surface area contributed by atoms with Gasteiger partial charge in [-0.05, 0) is 50.0 Å². The number of aliphatic hydroxyl groups excluding tert-OH is 1. The molecule has 0 unspecified atom stereocenters. The molecule has 0 atom stereocenters. The molecule has 0 bridgehead atoms. The molecule has 0 heterocycles. The van der Waals surface area contributed by atoms with Crippen LogP contribution in [0, 0.1) is 0 Å². The minimum absolute atomic E-state index is 0.302. The number of aliphatic hydroxyl groups is 1. The maximum Gasteiger partial charge on any atom is 0.0431 e. The van der Waals surface area contributed by atoms with E-state index in [-0.39, 0.29) is 0 Å². The summed E-state index contributed by atoms with van der Waals surface area (Å²) in [6.07, 6.45) is 3.03. The fourth-order valence-electron chi connectivity index (χ4n) is 1.73. The zero-order chi connectivity index (χ0) is 13.2.